The fourth-order valence-corrected chi connectivity index (χ4v) is 5.36. The highest BCUT2D eigenvalue weighted by Crippen LogP contribution is 2.21. The van der Waals surface area contributed by atoms with Gasteiger partial charge in [-0.25, -0.2) is 9.59 Å². The van der Waals surface area contributed by atoms with Crippen LogP contribution in [0.3, 0.4) is 0 Å². The van der Waals surface area contributed by atoms with Gasteiger partial charge in [-0.1, -0.05) is 45.4 Å². The second-order valence-electron chi connectivity index (χ2n) is 11.3. The number of fused-ring (bicyclic) bond motifs is 1. The Morgan fingerprint density at radius 3 is 2.48 bits per heavy atom. The highest BCUT2D eigenvalue weighted by atomic mass is 16.5. The molecule has 2 unspecified atom stereocenters. The Kier molecular flexibility index (Phi) is 11.4. The van der Waals surface area contributed by atoms with Crippen LogP contribution in [0.5, 0.6) is 0 Å². The van der Waals surface area contributed by atoms with E-state index >= 15 is 0 Å². The predicted molar refractivity (Wildman–Crippen MR) is 159 cm³/mol. The number of ether oxygens (including phenoxy) is 1. The summed E-state index contributed by atoms with van der Waals surface area (Å²) in [6.07, 6.45) is 3.88. The Balaban J connectivity index is 1.73. The maximum absolute atomic E-state index is 13.7. The van der Waals surface area contributed by atoms with Gasteiger partial charge in [-0.2, -0.15) is 0 Å². The van der Waals surface area contributed by atoms with Gasteiger partial charge >= 0.3 is 12.0 Å². The van der Waals surface area contributed by atoms with Gasteiger partial charge in [0.25, 0.3) is 5.91 Å². The van der Waals surface area contributed by atoms with Crippen molar-refractivity contribution >= 4 is 40.5 Å². The van der Waals surface area contributed by atoms with Crippen LogP contribution in [-0.4, -0.2) is 89.3 Å². The second kappa shape index (κ2) is 14.7. The zero-order valence-electron chi connectivity index (χ0n) is 25.4. The third-order valence-corrected chi connectivity index (χ3v) is 7.71. The molecule has 0 spiro atoms. The van der Waals surface area contributed by atoms with Crippen molar-refractivity contribution in [3.8, 4) is 0 Å². The Hall–Kier alpha value is -4.02. The number of likely N-dealkylation sites (N-methyl/N-ethyl adjacent to an activating group) is 1. The van der Waals surface area contributed by atoms with Crippen molar-refractivity contribution in [2.24, 2.45) is 5.92 Å². The van der Waals surface area contributed by atoms with E-state index in [4.69, 9.17) is 4.74 Å². The van der Waals surface area contributed by atoms with Gasteiger partial charge in [0, 0.05) is 24.7 Å². The lowest BCUT2D eigenvalue weighted by Crippen LogP contribution is -2.54. The molecule has 0 bridgehead atoms. The predicted octanol–water partition coefficient (Wildman–Crippen LogP) is 3.31. The molecule has 1 aromatic carbocycles. The summed E-state index contributed by atoms with van der Waals surface area (Å²) in [4.78, 5) is 73.0. The molecule has 4 atom stereocenters. The molecule has 2 heterocycles. The quantitative estimate of drug-likeness (QED) is 0.411. The first-order valence-electron chi connectivity index (χ1n) is 14.6. The molecule has 1 fully saturated rings. The number of Topliss-reactive ketones (excluding diaryl/α,β-unsaturated/α-hetero) is 1. The number of hydrogen-bond donors (Lipinski definition) is 2. The Bertz CT molecular complexity index is 1290. The van der Waals surface area contributed by atoms with Crippen LogP contribution in [0.25, 0.3) is 10.9 Å². The first-order chi connectivity index (χ1) is 20.0. The average Bonchev–Trinajstić information content (AvgIpc) is 3.12. The van der Waals surface area contributed by atoms with Crippen molar-refractivity contribution < 1.29 is 28.7 Å². The number of rotatable bonds is 10. The summed E-state index contributed by atoms with van der Waals surface area (Å²) in [6.45, 7) is 7.42. The minimum atomic E-state index is -0.837. The molecule has 1 aromatic heterocycles. The topological polar surface area (TPSA) is 138 Å². The molecule has 11 nitrogen and oxygen atoms in total. The molecule has 0 aliphatic carbocycles. The third kappa shape index (κ3) is 7.83. The molecular weight excluding hydrogens is 538 g/mol. The van der Waals surface area contributed by atoms with E-state index in [0.717, 1.165) is 5.39 Å². The number of carbonyl (C=O) groups excluding carboxylic acids is 5. The van der Waals surface area contributed by atoms with Crippen LogP contribution in [0, 0.1) is 5.92 Å². The number of pyridine rings is 1. The Labute approximate surface area is 247 Å². The molecule has 42 heavy (non-hydrogen) atoms. The summed E-state index contributed by atoms with van der Waals surface area (Å²) < 4.78 is 4.85. The van der Waals surface area contributed by atoms with Crippen LogP contribution in [0.2, 0.25) is 0 Å². The lowest BCUT2D eigenvalue weighted by Gasteiger charge is -2.30. The number of amides is 4. The molecular formula is C31H43N5O6. The SMILES string of the molecule is CCCC(NC(=O)c1cccc2cccnc12)C(=O)N(C)[C@H]1CC[C@@H](C)N(C(=O)NC(CC(C)C)C(=O)OC)CC1=O. The Morgan fingerprint density at radius 1 is 1.10 bits per heavy atom. The first-order valence-corrected chi connectivity index (χ1v) is 14.6. The fraction of sp³-hybridized carbons (Fsp3) is 0.548. The number of carbonyl (C=O) groups is 5. The van der Waals surface area contributed by atoms with Crippen molar-refractivity contribution in [2.75, 3.05) is 20.7 Å². The van der Waals surface area contributed by atoms with Crippen molar-refractivity contribution in [1.82, 2.24) is 25.4 Å². The molecule has 1 aliphatic heterocycles. The first kappa shape index (κ1) is 32.5. The minimum Gasteiger partial charge on any atom is -0.467 e. The largest absolute Gasteiger partial charge is 0.467 e. The van der Waals surface area contributed by atoms with Crippen molar-refractivity contribution in [3.63, 3.8) is 0 Å². The average molecular weight is 582 g/mol. The van der Waals surface area contributed by atoms with Gasteiger partial charge in [-0.05, 0) is 50.7 Å². The lowest BCUT2D eigenvalue weighted by atomic mass is 10.0. The standard InChI is InChI=1S/C31H43N5O6/c1-7-10-23(33-28(38)22-13-8-11-21-12-9-16-32-27(21)22)29(39)35(5)25-15-14-20(4)36(18-26(25)37)31(41)34-24(17-19(2)3)30(40)42-6/h8-9,11-13,16,19-20,23-25H,7,10,14-15,17-18H2,1-6H3,(H,33,38)(H,34,41)/t20-,23?,24?,25+/m1/s1. The smallest absolute Gasteiger partial charge is 0.328 e. The van der Waals surface area contributed by atoms with E-state index in [-0.39, 0.29) is 30.2 Å². The highest BCUT2D eigenvalue weighted by Gasteiger charge is 2.38. The molecule has 1 aliphatic rings. The van der Waals surface area contributed by atoms with Crippen molar-refractivity contribution in [2.45, 2.75) is 84.0 Å². The van der Waals surface area contributed by atoms with E-state index in [2.05, 4.69) is 15.6 Å². The summed E-state index contributed by atoms with van der Waals surface area (Å²) in [5.41, 5.74) is 0.913. The molecule has 0 radical (unpaired) electrons. The van der Waals surface area contributed by atoms with E-state index < -0.39 is 36.0 Å². The van der Waals surface area contributed by atoms with Gasteiger partial charge in [-0.3, -0.25) is 19.4 Å². The van der Waals surface area contributed by atoms with Crippen LogP contribution in [0.1, 0.15) is 70.2 Å². The van der Waals surface area contributed by atoms with Crippen LogP contribution in [-0.2, 0) is 19.1 Å². The number of esters is 1. The van der Waals surface area contributed by atoms with Gasteiger partial charge in [0.1, 0.15) is 12.1 Å². The van der Waals surface area contributed by atoms with Crippen LogP contribution in [0.15, 0.2) is 36.5 Å². The van der Waals surface area contributed by atoms with Gasteiger partial charge < -0.3 is 25.2 Å². The number of benzene rings is 1. The molecule has 2 N–H and O–H groups in total. The van der Waals surface area contributed by atoms with Gasteiger partial charge in [0.2, 0.25) is 5.91 Å². The molecule has 1 saturated heterocycles. The summed E-state index contributed by atoms with van der Waals surface area (Å²) in [7, 11) is 2.83. The van der Waals surface area contributed by atoms with Gasteiger partial charge in [-0.15, -0.1) is 0 Å². The number of ketones is 1. The van der Waals surface area contributed by atoms with E-state index in [1.54, 1.807) is 31.4 Å². The number of methoxy groups -OCH3 is 1. The van der Waals surface area contributed by atoms with Gasteiger partial charge in [0.15, 0.2) is 5.78 Å². The third-order valence-electron chi connectivity index (χ3n) is 7.71. The van der Waals surface area contributed by atoms with E-state index in [1.165, 1.54) is 16.9 Å². The highest BCUT2D eigenvalue weighted by molar-refractivity contribution is 6.07. The lowest BCUT2D eigenvalue weighted by molar-refractivity contribution is -0.143. The number of hydrogen-bond acceptors (Lipinski definition) is 7. The summed E-state index contributed by atoms with van der Waals surface area (Å²) in [5.74, 6) is -1.48. The number of likely N-dealkylation sites (tertiary alicyclic amines) is 1. The van der Waals surface area contributed by atoms with E-state index in [1.807, 2.05) is 39.8 Å². The molecule has 2 aromatic rings. The van der Waals surface area contributed by atoms with Crippen LogP contribution < -0.4 is 10.6 Å². The minimum absolute atomic E-state index is 0.134. The molecule has 0 saturated carbocycles. The summed E-state index contributed by atoms with van der Waals surface area (Å²) in [5, 5.41) is 6.41. The second-order valence-corrected chi connectivity index (χ2v) is 11.3. The van der Waals surface area contributed by atoms with Crippen LogP contribution in [0.4, 0.5) is 4.79 Å². The monoisotopic (exact) mass is 581 g/mol. The molecule has 3 rings (SSSR count). The zero-order chi connectivity index (χ0) is 31.0. The number of aromatic nitrogens is 1. The maximum atomic E-state index is 13.7. The zero-order valence-corrected chi connectivity index (χ0v) is 25.4. The van der Waals surface area contributed by atoms with Crippen LogP contribution >= 0.6 is 0 Å². The molecule has 11 heteroatoms. The summed E-state index contributed by atoms with van der Waals surface area (Å²) >= 11 is 0. The number of para-hydroxylation sites is 1. The van der Waals surface area contributed by atoms with Crippen molar-refractivity contribution in [3.05, 3.63) is 42.1 Å². The Morgan fingerprint density at radius 2 is 1.81 bits per heavy atom. The summed E-state index contributed by atoms with van der Waals surface area (Å²) in [6, 6.07) is 5.70. The molecule has 228 valence electrons. The van der Waals surface area contributed by atoms with Crippen molar-refractivity contribution in [1.29, 1.82) is 0 Å². The number of nitrogens with zero attached hydrogens (tertiary/aromatic N) is 3. The van der Waals surface area contributed by atoms with Gasteiger partial charge in [0.05, 0.1) is 30.8 Å². The normalized spacial score (nSPS) is 18.6. The number of nitrogens with one attached hydrogen (secondary N) is 2. The van der Waals surface area contributed by atoms with E-state index in [0.29, 0.717) is 43.2 Å². The number of urea groups is 1. The maximum Gasteiger partial charge on any atom is 0.328 e. The fourth-order valence-electron chi connectivity index (χ4n) is 5.36. The van der Waals surface area contributed by atoms with E-state index in [9.17, 15) is 24.0 Å². The molecule has 4 amide bonds.